The van der Waals surface area contributed by atoms with E-state index < -0.39 is 0 Å². The van der Waals surface area contributed by atoms with Gasteiger partial charge in [0.05, 0.1) is 15.2 Å². The smallest absolute Gasteiger partial charge is 0.204 e. The summed E-state index contributed by atoms with van der Waals surface area (Å²) in [5.74, 6) is 0.767. The van der Waals surface area contributed by atoms with E-state index in [2.05, 4.69) is 38.5 Å². The highest BCUT2D eigenvalue weighted by molar-refractivity contribution is 7.18. The van der Waals surface area contributed by atoms with Crippen molar-refractivity contribution in [3.05, 3.63) is 59.4 Å². The molecule has 4 aromatic rings. The molecule has 3 heterocycles. The van der Waals surface area contributed by atoms with Crippen LogP contribution in [0.2, 0.25) is 0 Å². The lowest BCUT2D eigenvalue weighted by Crippen LogP contribution is -2.35. The van der Waals surface area contributed by atoms with E-state index in [1.807, 2.05) is 17.4 Å². The summed E-state index contributed by atoms with van der Waals surface area (Å²) in [5.41, 5.74) is 1.87. The fourth-order valence-electron chi connectivity index (χ4n) is 3.58. The van der Waals surface area contributed by atoms with Crippen molar-refractivity contribution in [3.63, 3.8) is 0 Å². The van der Waals surface area contributed by atoms with Crippen molar-refractivity contribution in [2.75, 3.05) is 13.1 Å². The summed E-state index contributed by atoms with van der Waals surface area (Å²) in [4.78, 5) is 8.76. The Hall–Kier alpha value is -2.71. The van der Waals surface area contributed by atoms with Crippen molar-refractivity contribution in [2.24, 2.45) is 0 Å². The summed E-state index contributed by atoms with van der Waals surface area (Å²) >= 11 is 1.81. The zero-order valence-electron chi connectivity index (χ0n) is 15.2. The van der Waals surface area contributed by atoms with Crippen LogP contribution in [0.3, 0.4) is 0 Å². The minimum absolute atomic E-state index is 0.271. The fraction of sp³-hybridized carbons (Fsp3) is 0.300. The lowest BCUT2D eigenvalue weighted by molar-refractivity contribution is 0.151. The lowest BCUT2D eigenvalue weighted by atomic mass is 9.98. The zero-order valence-corrected chi connectivity index (χ0v) is 16.0. The molecule has 0 N–H and O–H groups in total. The molecule has 28 heavy (non-hydrogen) atoms. The van der Waals surface area contributed by atoms with Crippen LogP contribution in [-0.2, 0) is 6.67 Å². The van der Waals surface area contributed by atoms with Gasteiger partial charge in [-0.05, 0) is 54.5 Å². The van der Waals surface area contributed by atoms with E-state index in [1.165, 1.54) is 21.8 Å². The maximum atomic E-state index is 13.1. The Kier molecular flexibility index (Phi) is 4.58. The molecule has 5 rings (SSSR count). The number of hydrogen-bond donors (Lipinski definition) is 0. The Morgan fingerprint density at radius 1 is 1.04 bits per heavy atom. The second-order valence-electron chi connectivity index (χ2n) is 7.05. The minimum Gasteiger partial charge on any atom is -0.283 e. The number of likely N-dealkylation sites (tertiary alicyclic amines) is 1. The van der Waals surface area contributed by atoms with Crippen molar-refractivity contribution in [1.82, 2.24) is 30.1 Å². The van der Waals surface area contributed by atoms with E-state index >= 15 is 0 Å². The number of fused-ring (bicyclic) bond motifs is 1. The van der Waals surface area contributed by atoms with Crippen molar-refractivity contribution >= 4 is 21.6 Å². The van der Waals surface area contributed by atoms with Gasteiger partial charge in [0.25, 0.3) is 0 Å². The van der Waals surface area contributed by atoms with Gasteiger partial charge in [-0.1, -0.05) is 12.1 Å². The molecule has 1 aliphatic rings. The molecular formula is C20H19FN6S. The molecule has 0 aliphatic carbocycles. The van der Waals surface area contributed by atoms with E-state index in [1.54, 1.807) is 16.9 Å². The molecular weight excluding hydrogens is 375 g/mol. The number of para-hydroxylation sites is 1. The summed E-state index contributed by atoms with van der Waals surface area (Å²) < 4.78 is 14.3. The van der Waals surface area contributed by atoms with E-state index in [4.69, 9.17) is 4.98 Å². The Balaban J connectivity index is 1.21. The second-order valence-corrected chi connectivity index (χ2v) is 8.11. The highest BCUT2D eigenvalue weighted by Crippen LogP contribution is 2.33. The van der Waals surface area contributed by atoms with Crippen LogP contribution >= 0.6 is 11.3 Å². The molecule has 2 aromatic heterocycles. The summed E-state index contributed by atoms with van der Waals surface area (Å²) in [6, 6.07) is 14.5. The summed E-state index contributed by atoms with van der Waals surface area (Å²) in [6.45, 7) is 2.57. The number of thiazole rings is 1. The van der Waals surface area contributed by atoms with Crippen molar-refractivity contribution in [2.45, 2.75) is 25.4 Å². The average Bonchev–Trinajstić information content (AvgIpc) is 3.36. The first-order chi connectivity index (χ1) is 13.7. The van der Waals surface area contributed by atoms with Gasteiger partial charge in [-0.25, -0.2) is 9.37 Å². The summed E-state index contributed by atoms with van der Waals surface area (Å²) in [6.07, 6.45) is 2.17. The van der Waals surface area contributed by atoms with Gasteiger partial charge in [-0.15, -0.1) is 26.3 Å². The van der Waals surface area contributed by atoms with Gasteiger partial charge in [0.15, 0.2) is 0 Å². The zero-order chi connectivity index (χ0) is 18.9. The molecule has 1 aliphatic heterocycles. The Labute approximate surface area is 165 Å². The third-order valence-electron chi connectivity index (χ3n) is 5.13. The topological polar surface area (TPSA) is 59.7 Å². The van der Waals surface area contributed by atoms with Crippen LogP contribution in [0.1, 0.15) is 23.8 Å². The number of nitrogens with zero attached hydrogens (tertiary/aromatic N) is 6. The number of aromatic nitrogens is 5. The Morgan fingerprint density at radius 2 is 1.82 bits per heavy atom. The van der Waals surface area contributed by atoms with Gasteiger partial charge in [0, 0.05) is 24.6 Å². The predicted octanol–water partition coefficient (Wildman–Crippen LogP) is 3.93. The first-order valence-electron chi connectivity index (χ1n) is 9.36. The second kappa shape index (κ2) is 7.37. The third-order valence-corrected chi connectivity index (χ3v) is 6.33. The van der Waals surface area contributed by atoms with Crippen LogP contribution in [0, 0.1) is 5.82 Å². The monoisotopic (exact) mass is 394 g/mol. The van der Waals surface area contributed by atoms with Crippen LogP contribution < -0.4 is 0 Å². The van der Waals surface area contributed by atoms with Gasteiger partial charge >= 0.3 is 0 Å². The largest absolute Gasteiger partial charge is 0.283 e. The molecule has 142 valence electrons. The SMILES string of the molecule is Fc1ccc(-c2nnn(CN3CCC(c4nc5ccccc5s4)CC3)n2)cc1. The number of piperidine rings is 1. The normalized spacial score (nSPS) is 16.0. The summed E-state index contributed by atoms with van der Waals surface area (Å²) in [5, 5.41) is 13.9. The van der Waals surface area contributed by atoms with Gasteiger partial charge < -0.3 is 0 Å². The van der Waals surface area contributed by atoms with Crippen LogP contribution in [0.4, 0.5) is 4.39 Å². The maximum Gasteiger partial charge on any atom is 0.204 e. The average molecular weight is 394 g/mol. The molecule has 0 atom stereocenters. The van der Waals surface area contributed by atoms with Crippen LogP contribution in [-0.4, -0.2) is 43.2 Å². The maximum absolute atomic E-state index is 13.1. The molecule has 0 unspecified atom stereocenters. The third kappa shape index (κ3) is 3.53. The van der Waals surface area contributed by atoms with Crippen molar-refractivity contribution < 1.29 is 4.39 Å². The Morgan fingerprint density at radius 3 is 2.61 bits per heavy atom. The number of benzene rings is 2. The van der Waals surface area contributed by atoms with Crippen molar-refractivity contribution in [1.29, 1.82) is 0 Å². The van der Waals surface area contributed by atoms with Crippen LogP contribution in [0.15, 0.2) is 48.5 Å². The molecule has 1 fully saturated rings. The van der Waals surface area contributed by atoms with Gasteiger partial charge in [-0.3, -0.25) is 4.90 Å². The van der Waals surface area contributed by atoms with Crippen LogP contribution in [0.25, 0.3) is 21.6 Å². The first-order valence-corrected chi connectivity index (χ1v) is 10.2. The van der Waals surface area contributed by atoms with Crippen LogP contribution in [0.5, 0.6) is 0 Å². The minimum atomic E-state index is -0.271. The standard InChI is InChI=1S/C20H19FN6S/c21-16-7-5-14(6-8-16)19-23-25-27(24-19)13-26-11-9-15(10-12-26)20-22-17-3-1-2-4-18(17)28-20/h1-8,15H,9-13H2. The quantitative estimate of drug-likeness (QED) is 0.525. The molecule has 6 nitrogen and oxygen atoms in total. The number of hydrogen-bond acceptors (Lipinski definition) is 6. The molecule has 0 radical (unpaired) electrons. The number of rotatable bonds is 4. The van der Waals surface area contributed by atoms with E-state index in [-0.39, 0.29) is 5.82 Å². The lowest BCUT2D eigenvalue weighted by Gasteiger charge is -2.30. The highest BCUT2D eigenvalue weighted by Gasteiger charge is 2.24. The van der Waals surface area contributed by atoms with Gasteiger partial charge in [0.2, 0.25) is 5.82 Å². The van der Waals surface area contributed by atoms with E-state index in [0.29, 0.717) is 18.4 Å². The highest BCUT2D eigenvalue weighted by atomic mass is 32.1. The summed E-state index contributed by atoms with van der Waals surface area (Å²) in [7, 11) is 0. The van der Waals surface area contributed by atoms with Gasteiger partial charge in [0.1, 0.15) is 12.5 Å². The molecule has 2 aromatic carbocycles. The molecule has 0 bridgehead atoms. The number of tetrazole rings is 1. The molecule has 0 amide bonds. The fourth-order valence-corrected chi connectivity index (χ4v) is 4.72. The number of halogens is 1. The molecule has 1 saturated heterocycles. The molecule has 0 saturated carbocycles. The predicted molar refractivity (Wildman–Crippen MR) is 106 cm³/mol. The molecule has 8 heteroatoms. The molecule has 0 spiro atoms. The van der Waals surface area contributed by atoms with Gasteiger partial charge in [-0.2, -0.15) is 0 Å². The van der Waals surface area contributed by atoms with E-state index in [9.17, 15) is 4.39 Å². The first kappa shape index (κ1) is 17.4. The van der Waals surface area contributed by atoms with Crippen molar-refractivity contribution in [3.8, 4) is 11.4 Å². The Bertz CT molecular complexity index is 1050. The van der Waals surface area contributed by atoms with E-state index in [0.717, 1.165) is 37.0 Å².